The second kappa shape index (κ2) is 6.80. The van der Waals surface area contributed by atoms with Crippen LogP contribution < -0.4 is 7.22 Å². The second-order valence-corrected chi connectivity index (χ2v) is 13.5. The fourth-order valence-corrected chi connectivity index (χ4v) is 11.2. The van der Waals surface area contributed by atoms with E-state index in [1.54, 1.807) is 0 Å². The van der Waals surface area contributed by atoms with Gasteiger partial charge < -0.3 is 0 Å². The molecule has 18 heavy (non-hydrogen) atoms. The van der Waals surface area contributed by atoms with Crippen molar-refractivity contribution in [2.24, 2.45) is 0 Å². The Labute approximate surface area is 123 Å². The quantitative estimate of drug-likeness (QED) is 0.635. The molecule has 0 saturated heterocycles. The molecule has 0 aromatic heterocycles. The average Bonchev–Trinajstić information content (AvgIpc) is 2.46. The van der Waals surface area contributed by atoms with Gasteiger partial charge in [0.1, 0.15) is 0 Å². The van der Waals surface area contributed by atoms with Crippen molar-refractivity contribution in [2.45, 2.75) is 0 Å². The first kappa shape index (κ1) is 13.4. The summed E-state index contributed by atoms with van der Waals surface area (Å²) in [5.74, 6) is 0. The summed E-state index contributed by atoms with van der Waals surface area (Å²) in [5, 5.41) is 17.5. The summed E-state index contributed by atoms with van der Waals surface area (Å²) >= 11 is -0.264. The third kappa shape index (κ3) is 3.75. The molecular weight excluding hydrogens is 451 g/mol. The van der Waals surface area contributed by atoms with Gasteiger partial charge in [-0.3, -0.25) is 0 Å². The molecule has 0 atom stereocenters. The summed E-state index contributed by atoms with van der Waals surface area (Å²) in [6, 6.07) is 20.2. The van der Waals surface area contributed by atoms with Crippen molar-refractivity contribution in [1.82, 2.24) is 0 Å². The third-order valence-corrected chi connectivity index (χ3v) is 14.1. The second-order valence-electron chi connectivity index (χ2n) is 3.44. The van der Waals surface area contributed by atoms with E-state index in [2.05, 4.69) is 36.4 Å². The monoisotopic (exact) mass is 464 g/mol. The first-order valence-electron chi connectivity index (χ1n) is 5.16. The Hall–Kier alpha value is -1.00. The van der Waals surface area contributed by atoms with E-state index in [4.69, 9.17) is 10.5 Å². The van der Waals surface area contributed by atoms with Crippen molar-refractivity contribution in [2.75, 3.05) is 0 Å². The molecule has 0 aliphatic heterocycles. The molecule has 0 radical (unpaired) electrons. The number of nitriles is 2. The van der Waals surface area contributed by atoms with Crippen molar-refractivity contribution >= 4 is 41.3 Å². The molecule has 0 amide bonds. The van der Waals surface area contributed by atoms with Crippen LogP contribution in [0.15, 0.2) is 48.5 Å². The molecule has 0 saturated carbocycles. The summed E-state index contributed by atoms with van der Waals surface area (Å²) in [6.45, 7) is 0. The first-order valence-corrected chi connectivity index (χ1v) is 14.8. The maximum absolute atomic E-state index is 8.73. The molecule has 2 rings (SSSR count). The van der Waals surface area contributed by atoms with Gasteiger partial charge in [0.25, 0.3) is 0 Å². The summed E-state index contributed by atoms with van der Waals surface area (Å²) < 4.78 is 2.82. The van der Waals surface area contributed by atoms with Gasteiger partial charge in [0.05, 0.1) is 0 Å². The zero-order valence-corrected chi connectivity index (χ0v) is 14.0. The molecule has 0 fully saturated rings. The Morgan fingerprint density at radius 1 is 0.611 bits per heavy atom. The minimum absolute atomic E-state index is 0.132. The van der Waals surface area contributed by atoms with Gasteiger partial charge in [0.2, 0.25) is 0 Å². The van der Waals surface area contributed by atoms with Gasteiger partial charge in [-0.05, 0) is 0 Å². The van der Waals surface area contributed by atoms with Gasteiger partial charge in [-0.25, -0.2) is 0 Å². The van der Waals surface area contributed by atoms with Crippen molar-refractivity contribution in [3.63, 3.8) is 0 Å². The molecule has 0 unspecified atom stereocenters. The molecule has 0 bridgehead atoms. The summed E-state index contributed by atoms with van der Waals surface area (Å²) in [7, 11) is 0. The fraction of sp³-hybridized carbons (Fsp3) is 0. The van der Waals surface area contributed by atoms with Gasteiger partial charge in [-0.1, -0.05) is 0 Å². The van der Waals surface area contributed by atoms with E-state index in [0.29, 0.717) is 0 Å². The molecule has 2 nitrogen and oxygen atoms in total. The van der Waals surface area contributed by atoms with Crippen LogP contribution in [0.5, 0.6) is 0 Å². The van der Waals surface area contributed by atoms with Crippen LogP contribution in [0.1, 0.15) is 11.1 Å². The number of benzene rings is 2. The van der Waals surface area contributed by atoms with Crippen LogP contribution in [0.4, 0.5) is 0 Å². The molecule has 2 aromatic rings. The summed E-state index contributed by atoms with van der Waals surface area (Å²) in [4.78, 5) is 0. The zero-order valence-electron chi connectivity index (χ0n) is 9.33. The molecule has 0 aliphatic rings. The van der Waals surface area contributed by atoms with Gasteiger partial charge in [0, 0.05) is 0 Å². The number of rotatable bonds is 3. The molecule has 2 aromatic carbocycles. The first-order chi connectivity index (χ1) is 8.81. The molecule has 0 aliphatic carbocycles. The topological polar surface area (TPSA) is 47.6 Å². The molecule has 0 N–H and O–H groups in total. The van der Waals surface area contributed by atoms with Gasteiger partial charge >= 0.3 is 124 Å². The Morgan fingerprint density at radius 2 is 0.944 bits per heavy atom. The summed E-state index contributed by atoms with van der Waals surface area (Å²) in [6.07, 6.45) is 0. The standard InChI is InChI=1S/C14H8N2Te2/c15-9-11-1-5-13(6-2-11)17-18-14-7-3-12(10-16)4-8-14/h1-8H. The number of hydrogen-bond acceptors (Lipinski definition) is 2. The van der Waals surface area contributed by atoms with Crippen LogP contribution in [0, 0.1) is 22.7 Å². The number of hydrogen-bond donors (Lipinski definition) is 0. The van der Waals surface area contributed by atoms with Crippen LogP contribution >= 0.6 is 0 Å². The molecule has 0 heterocycles. The van der Waals surface area contributed by atoms with E-state index in [1.807, 2.05) is 24.3 Å². The van der Waals surface area contributed by atoms with E-state index < -0.39 is 0 Å². The normalized spacial score (nSPS) is 9.44. The summed E-state index contributed by atoms with van der Waals surface area (Å²) in [5.41, 5.74) is 1.45. The van der Waals surface area contributed by atoms with Crippen LogP contribution in [0.2, 0.25) is 0 Å². The van der Waals surface area contributed by atoms with Crippen molar-refractivity contribution in [1.29, 1.82) is 10.5 Å². The molecular formula is C14H8N2Te2. The predicted molar refractivity (Wildman–Crippen MR) is 73.1 cm³/mol. The average molecular weight is 459 g/mol. The van der Waals surface area contributed by atoms with E-state index in [-0.39, 0.29) is 34.1 Å². The predicted octanol–water partition coefficient (Wildman–Crippen LogP) is 0.704. The van der Waals surface area contributed by atoms with Crippen molar-refractivity contribution in [3.8, 4) is 12.1 Å². The Balaban J connectivity index is 1.98. The molecule has 4 heteroatoms. The Bertz CT molecular complexity index is 547. The SMILES string of the molecule is N#Cc1ccc([Te][Te]c2ccc(C#N)cc2)cc1. The van der Waals surface area contributed by atoms with Crippen molar-refractivity contribution < 1.29 is 0 Å². The van der Waals surface area contributed by atoms with E-state index in [9.17, 15) is 0 Å². The van der Waals surface area contributed by atoms with Gasteiger partial charge in [-0.15, -0.1) is 0 Å². The number of nitrogens with zero attached hydrogens (tertiary/aromatic N) is 2. The van der Waals surface area contributed by atoms with E-state index in [0.717, 1.165) is 11.1 Å². The zero-order chi connectivity index (χ0) is 12.8. The van der Waals surface area contributed by atoms with Gasteiger partial charge in [0.15, 0.2) is 0 Å². The maximum atomic E-state index is 8.73. The third-order valence-electron chi connectivity index (χ3n) is 2.20. The van der Waals surface area contributed by atoms with Crippen LogP contribution in [-0.4, -0.2) is 34.1 Å². The van der Waals surface area contributed by atoms with Crippen LogP contribution in [0.25, 0.3) is 0 Å². The molecule has 86 valence electrons. The Kier molecular flexibility index (Phi) is 5.08. The van der Waals surface area contributed by atoms with Crippen molar-refractivity contribution in [3.05, 3.63) is 59.7 Å². The van der Waals surface area contributed by atoms with Crippen LogP contribution in [-0.2, 0) is 0 Å². The Morgan fingerprint density at radius 3 is 1.22 bits per heavy atom. The molecule has 0 spiro atoms. The van der Waals surface area contributed by atoms with E-state index >= 15 is 0 Å². The minimum atomic E-state index is -0.132. The van der Waals surface area contributed by atoms with Gasteiger partial charge in [-0.2, -0.15) is 0 Å². The van der Waals surface area contributed by atoms with Crippen LogP contribution in [0.3, 0.4) is 0 Å². The fourth-order valence-electron chi connectivity index (χ4n) is 1.27. The van der Waals surface area contributed by atoms with E-state index in [1.165, 1.54) is 7.22 Å².